The van der Waals surface area contributed by atoms with Crippen LogP contribution >= 0.6 is 11.3 Å². The molecule has 0 aliphatic rings. The van der Waals surface area contributed by atoms with E-state index in [1.165, 1.54) is 15.9 Å². The fourth-order valence-electron chi connectivity index (χ4n) is 3.83. The van der Waals surface area contributed by atoms with Gasteiger partial charge in [-0.2, -0.15) is 4.52 Å². The lowest BCUT2D eigenvalue weighted by molar-refractivity contribution is 0.517. The number of aromatic nitrogens is 3. The van der Waals surface area contributed by atoms with Gasteiger partial charge in [-0.15, -0.1) is 16.4 Å². The molecule has 6 aromatic rings. The van der Waals surface area contributed by atoms with Crippen LogP contribution in [0.1, 0.15) is 5.76 Å². The van der Waals surface area contributed by atoms with Crippen molar-refractivity contribution in [2.75, 3.05) is 5.32 Å². The SMILES string of the molecule is O=c1c2c(-c3ccccc3)csc2nc2c3ccccc3c(NCc3ccco3)nn12. The van der Waals surface area contributed by atoms with Crippen LogP contribution in [0.4, 0.5) is 5.82 Å². The van der Waals surface area contributed by atoms with Crippen molar-refractivity contribution in [2.24, 2.45) is 0 Å². The van der Waals surface area contributed by atoms with Gasteiger partial charge >= 0.3 is 0 Å². The van der Waals surface area contributed by atoms with Crippen molar-refractivity contribution in [3.8, 4) is 11.1 Å². The molecule has 150 valence electrons. The van der Waals surface area contributed by atoms with Crippen molar-refractivity contribution in [2.45, 2.75) is 6.54 Å². The fraction of sp³-hybridized carbons (Fsp3) is 0.0417. The average molecular weight is 424 g/mol. The van der Waals surface area contributed by atoms with E-state index in [0.717, 1.165) is 27.7 Å². The molecule has 6 nitrogen and oxygen atoms in total. The quantitative estimate of drug-likeness (QED) is 0.387. The Hall–Kier alpha value is -3.97. The van der Waals surface area contributed by atoms with E-state index < -0.39 is 0 Å². The maximum atomic E-state index is 13.6. The molecule has 4 heterocycles. The molecule has 0 atom stereocenters. The van der Waals surface area contributed by atoms with Gasteiger partial charge in [0.05, 0.1) is 18.2 Å². The van der Waals surface area contributed by atoms with Crippen LogP contribution in [0.2, 0.25) is 0 Å². The molecule has 0 saturated carbocycles. The first-order valence-electron chi connectivity index (χ1n) is 9.84. The van der Waals surface area contributed by atoms with E-state index in [9.17, 15) is 4.79 Å². The van der Waals surface area contributed by atoms with Crippen LogP contribution in [0.25, 0.3) is 37.8 Å². The van der Waals surface area contributed by atoms with E-state index in [1.54, 1.807) is 6.26 Å². The molecule has 0 bridgehead atoms. The van der Waals surface area contributed by atoms with Gasteiger partial charge in [0.15, 0.2) is 11.5 Å². The summed E-state index contributed by atoms with van der Waals surface area (Å²) in [4.78, 5) is 19.1. The van der Waals surface area contributed by atoms with Crippen molar-refractivity contribution in [3.05, 3.63) is 94.5 Å². The van der Waals surface area contributed by atoms with Crippen LogP contribution in [0.15, 0.2) is 87.6 Å². The molecule has 0 aliphatic carbocycles. The molecule has 0 fully saturated rings. The van der Waals surface area contributed by atoms with Crippen LogP contribution in [0.5, 0.6) is 0 Å². The Kier molecular flexibility index (Phi) is 4.07. The molecule has 6 rings (SSSR count). The first-order chi connectivity index (χ1) is 15.3. The Morgan fingerprint density at radius 3 is 2.58 bits per heavy atom. The molecule has 31 heavy (non-hydrogen) atoms. The minimum absolute atomic E-state index is 0.174. The zero-order valence-corrected chi connectivity index (χ0v) is 17.1. The summed E-state index contributed by atoms with van der Waals surface area (Å²) in [5, 5.41) is 12.3. The summed E-state index contributed by atoms with van der Waals surface area (Å²) in [6.07, 6.45) is 1.63. The average Bonchev–Trinajstić information content (AvgIpc) is 3.49. The smallest absolute Gasteiger partial charge is 0.283 e. The van der Waals surface area contributed by atoms with Crippen LogP contribution in [0.3, 0.4) is 0 Å². The van der Waals surface area contributed by atoms with Crippen molar-refractivity contribution in [3.63, 3.8) is 0 Å². The molecule has 0 spiro atoms. The van der Waals surface area contributed by atoms with Gasteiger partial charge in [-0.3, -0.25) is 4.79 Å². The minimum Gasteiger partial charge on any atom is -0.467 e. The first-order valence-corrected chi connectivity index (χ1v) is 10.7. The lowest BCUT2D eigenvalue weighted by atomic mass is 10.1. The number of nitrogens with zero attached hydrogens (tertiary/aromatic N) is 3. The minimum atomic E-state index is -0.174. The van der Waals surface area contributed by atoms with Crippen LogP contribution in [-0.4, -0.2) is 14.6 Å². The Morgan fingerprint density at radius 1 is 0.968 bits per heavy atom. The van der Waals surface area contributed by atoms with Gasteiger partial charge in [-0.25, -0.2) is 4.98 Å². The van der Waals surface area contributed by atoms with Crippen LogP contribution in [0, 0.1) is 0 Å². The molecule has 7 heteroatoms. The molecule has 0 amide bonds. The molecule has 0 saturated heterocycles. The summed E-state index contributed by atoms with van der Waals surface area (Å²) in [5.41, 5.74) is 2.25. The van der Waals surface area contributed by atoms with Gasteiger partial charge in [-0.05, 0) is 17.7 Å². The summed E-state index contributed by atoms with van der Waals surface area (Å²) in [6, 6.07) is 21.5. The molecule has 4 aromatic heterocycles. The summed E-state index contributed by atoms with van der Waals surface area (Å²) in [5.74, 6) is 1.40. The van der Waals surface area contributed by atoms with Crippen molar-refractivity contribution < 1.29 is 4.42 Å². The lowest BCUT2D eigenvalue weighted by Gasteiger charge is -2.11. The maximum absolute atomic E-state index is 13.6. The molecule has 1 N–H and O–H groups in total. The van der Waals surface area contributed by atoms with E-state index in [1.807, 2.05) is 72.1 Å². The highest BCUT2D eigenvalue weighted by Gasteiger charge is 2.17. The Morgan fingerprint density at radius 2 is 1.77 bits per heavy atom. The third kappa shape index (κ3) is 2.90. The Bertz CT molecular complexity index is 1600. The zero-order chi connectivity index (χ0) is 20.8. The lowest BCUT2D eigenvalue weighted by Crippen LogP contribution is -2.19. The molecular weight excluding hydrogens is 408 g/mol. The van der Waals surface area contributed by atoms with Crippen LogP contribution in [-0.2, 0) is 6.54 Å². The van der Waals surface area contributed by atoms with E-state index in [4.69, 9.17) is 9.40 Å². The number of fused-ring (bicyclic) bond motifs is 4. The second-order valence-electron chi connectivity index (χ2n) is 7.18. The van der Waals surface area contributed by atoms with Crippen molar-refractivity contribution in [1.82, 2.24) is 14.6 Å². The van der Waals surface area contributed by atoms with E-state index >= 15 is 0 Å². The van der Waals surface area contributed by atoms with E-state index in [2.05, 4.69) is 10.4 Å². The largest absolute Gasteiger partial charge is 0.467 e. The highest BCUT2D eigenvalue weighted by atomic mass is 32.1. The number of benzene rings is 2. The summed E-state index contributed by atoms with van der Waals surface area (Å²) in [7, 11) is 0. The van der Waals surface area contributed by atoms with Crippen LogP contribution < -0.4 is 10.9 Å². The normalized spacial score (nSPS) is 11.5. The number of nitrogens with one attached hydrogen (secondary N) is 1. The molecule has 0 radical (unpaired) electrons. The molecular formula is C24H16N4O2S. The number of hydrogen-bond acceptors (Lipinski definition) is 6. The highest BCUT2D eigenvalue weighted by molar-refractivity contribution is 7.17. The highest BCUT2D eigenvalue weighted by Crippen LogP contribution is 2.32. The van der Waals surface area contributed by atoms with Crippen molar-refractivity contribution >= 4 is 43.8 Å². The number of rotatable bonds is 4. The summed E-state index contributed by atoms with van der Waals surface area (Å²) >= 11 is 1.48. The standard InChI is InChI=1S/C24H16N4O2S/c29-24-20-19(15-7-2-1-3-8-15)14-31-23(20)26-22-18-11-5-4-10-17(18)21(27-28(22)24)25-13-16-9-6-12-30-16/h1-12,14H,13H2,(H,25,27). The van der Waals surface area contributed by atoms with Gasteiger partial charge < -0.3 is 9.73 Å². The third-order valence-electron chi connectivity index (χ3n) is 5.30. The van der Waals surface area contributed by atoms with Crippen molar-refractivity contribution in [1.29, 1.82) is 0 Å². The number of thiophene rings is 1. The van der Waals surface area contributed by atoms with Gasteiger partial charge in [0.25, 0.3) is 5.56 Å². The Balaban J connectivity index is 1.62. The van der Waals surface area contributed by atoms with Gasteiger partial charge in [0.1, 0.15) is 10.6 Å². The van der Waals surface area contributed by atoms with Gasteiger partial charge in [-0.1, -0.05) is 54.6 Å². The van der Waals surface area contributed by atoms with Gasteiger partial charge in [0.2, 0.25) is 0 Å². The monoisotopic (exact) mass is 424 g/mol. The maximum Gasteiger partial charge on any atom is 0.283 e. The summed E-state index contributed by atoms with van der Waals surface area (Å²) < 4.78 is 6.83. The number of furan rings is 1. The topological polar surface area (TPSA) is 72.4 Å². The fourth-order valence-corrected chi connectivity index (χ4v) is 4.77. The van der Waals surface area contributed by atoms with Gasteiger partial charge in [0, 0.05) is 21.7 Å². The predicted molar refractivity (Wildman–Crippen MR) is 124 cm³/mol. The molecule has 2 aromatic carbocycles. The zero-order valence-electron chi connectivity index (χ0n) is 16.3. The second kappa shape index (κ2) is 7.07. The Labute approximate surface area is 180 Å². The van der Waals surface area contributed by atoms with E-state index in [-0.39, 0.29) is 5.56 Å². The predicted octanol–water partition coefficient (Wildman–Crippen LogP) is 5.33. The molecule has 0 unspecified atom stereocenters. The third-order valence-corrected chi connectivity index (χ3v) is 6.18. The van der Waals surface area contributed by atoms with E-state index in [0.29, 0.717) is 28.2 Å². The first kappa shape index (κ1) is 17.9. The number of anilines is 1. The second-order valence-corrected chi connectivity index (χ2v) is 8.03. The molecule has 0 aliphatic heterocycles. The summed E-state index contributed by atoms with van der Waals surface area (Å²) in [6.45, 7) is 0.466. The number of hydrogen-bond donors (Lipinski definition) is 1.